The molecule has 0 aliphatic rings. The van der Waals surface area contributed by atoms with Crippen molar-refractivity contribution in [2.45, 2.75) is 40.3 Å². The maximum Gasteiger partial charge on any atom is 0.138 e. The zero-order valence-corrected chi connectivity index (χ0v) is 11.4. The first-order valence-corrected chi connectivity index (χ1v) is 6.30. The number of aryl methyl sites for hydroxylation is 3. The molecular weight excluding hydrogens is 224 g/mol. The first-order chi connectivity index (χ1) is 8.59. The average Bonchev–Trinajstić information content (AvgIpc) is 2.67. The monoisotopic (exact) mass is 244 g/mol. The van der Waals surface area contributed by atoms with Gasteiger partial charge < -0.3 is 9.84 Å². The third-order valence-electron chi connectivity index (χ3n) is 3.42. The number of hydrogen-bond donors (Lipinski definition) is 1. The Morgan fingerprint density at radius 3 is 2.56 bits per heavy atom. The van der Waals surface area contributed by atoms with Crippen molar-refractivity contribution in [3.05, 3.63) is 52.4 Å². The van der Waals surface area contributed by atoms with Crippen LogP contribution < -0.4 is 5.32 Å². The number of nitrogens with one attached hydrogen (secondary N) is 1. The second-order valence-corrected chi connectivity index (χ2v) is 4.76. The van der Waals surface area contributed by atoms with Crippen molar-refractivity contribution in [1.29, 1.82) is 0 Å². The van der Waals surface area contributed by atoms with Crippen LogP contribution in [0.3, 0.4) is 0 Å². The molecule has 0 unspecified atom stereocenters. The summed E-state index contributed by atoms with van der Waals surface area (Å²) in [6.45, 7) is 9.04. The van der Waals surface area contributed by atoms with E-state index in [0.29, 0.717) is 6.04 Å². The van der Waals surface area contributed by atoms with E-state index in [1.165, 1.54) is 11.1 Å². The van der Waals surface area contributed by atoms with Crippen molar-refractivity contribution in [1.82, 2.24) is 10.5 Å². The molecule has 1 N–H and O–H groups in total. The zero-order valence-electron chi connectivity index (χ0n) is 11.4. The van der Waals surface area contributed by atoms with Crippen LogP contribution in [0.15, 0.2) is 28.8 Å². The first-order valence-electron chi connectivity index (χ1n) is 6.30. The minimum atomic E-state index is 0.319. The van der Waals surface area contributed by atoms with E-state index in [-0.39, 0.29) is 0 Å². The Balaban J connectivity index is 2.05. The van der Waals surface area contributed by atoms with E-state index in [9.17, 15) is 0 Å². The van der Waals surface area contributed by atoms with Gasteiger partial charge in [0.2, 0.25) is 0 Å². The largest absolute Gasteiger partial charge is 0.361 e. The van der Waals surface area contributed by atoms with Crippen molar-refractivity contribution in [3.63, 3.8) is 0 Å². The lowest BCUT2D eigenvalue weighted by Gasteiger charge is -2.16. The van der Waals surface area contributed by atoms with Crippen LogP contribution in [0, 0.1) is 20.8 Å². The van der Waals surface area contributed by atoms with Crippen LogP contribution in [-0.4, -0.2) is 5.16 Å². The van der Waals surface area contributed by atoms with E-state index in [1.54, 1.807) is 0 Å². The molecule has 1 aromatic carbocycles. The SMILES string of the molecule is Cc1ccccc1[C@H](C)NCc1c(C)noc1C. The Morgan fingerprint density at radius 1 is 1.22 bits per heavy atom. The first kappa shape index (κ1) is 12.8. The maximum atomic E-state index is 5.17. The molecule has 0 fully saturated rings. The molecule has 3 nitrogen and oxygen atoms in total. The van der Waals surface area contributed by atoms with Crippen LogP contribution in [-0.2, 0) is 6.54 Å². The summed E-state index contributed by atoms with van der Waals surface area (Å²) in [7, 11) is 0. The molecule has 18 heavy (non-hydrogen) atoms. The predicted octanol–water partition coefficient (Wildman–Crippen LogP) is 3.45. The Hall–Kier alpha value is -1.61. The van der Waals surface area contributed by atoms with Gasteiger partial charge in [0.15, 0.2) is 0 Å². The van der Waals surface area contributed by atoms with Gasteiger partial charge >= 0.3 is 0 Å². The number of rotatable bonds is 4. The molecule has 0 saturated carbocycles. The highest BCUT2D eigenvalue weighted by Crippen LogP contribution is 2.18. The van der Waals surface area contributed by atoms with Gasteiger partial charge in [-0.3, -0.25) is 0 Å². The van der Waals surface area contributed by atoms with Crippen LogP contribution in [0.1, 0.15) is 41.1 Å². The van der Waals surface area contributed by atoms with E-state index < -0.39 is 0 Å². The van der Waals surface area contributed by atoms with Crippen molar-refractivity contribution in [3.8, 4) is 0 Å². The predicted molar refractivity (Wildman–Crippen MR) is 72.4 cm³/mol. The Labute approximate surface area is 108 Å². The van der Waals surface area contributed by atoms with Crippen LogP contribution in [0.5, 0.6) is 0 Å². The molecular formula is C15H20N2O. The third-order valence-corrected chi connectivity index (χ3v) is 3.42. The molecule has 0 spiro atoms. The van der Waals surface area contributed by atoms with E-state index in [0.717, 1.165) is 23.6 Å². The molecule has 1 aromatic heterocycles. The third kappa shape index (κ3) is 2.62. The Morgan fingerprint density at radius 2 is 1.94 bits per heavy atom. The lowest BCUT2D eigenvalue weighted by Crippen LogP contribution is -2.19. The topological polar surface area (TPSA) is 38.1 Å². The maximum absolute atomic E-state index is 5.17. The lowest BCUT2D eigenvalue weighted by atomic mass is 10.0. The second kappa shape index (κ2) is 5.36. The fraction of sp³-hybridized carbons (Fsp3) is 0.400. The quantitative estimate of drug-likeness (QED) is 0.895. The summed E-state index contributed by atoms with van der Waals surface area (Å²) in [5.74, 6) is 0.900. The molecule has 0 bridgehead atoms. The summed E-state index contributed by atoms with van der Waals surface area (Å²) in [6, 6.07) is 8.78. The molecule has 0 aliphatic heterocycles. The fourth-order valence-electron chi connectivity index (χ4n) is 2.19. The molecule has 3 heteroatoms. The van der Waals surface area contributed by atoms with E-state index in [4.69, 9.17) is 4.52 Å². The summed E-state index contributed by atoms with van der Waals surface area (Å²) in [5, 5.41) is 7.49. The minimum absolute atomic E-state index is 0.319. The molecule has 96 valence electrons. The van der Waals surface area contributed by atoms with Gasteiger partial charge in [0.25, 0.3) is 0 Å². The number of nitrogens with zero attached hydrogens (tertiary/aromatic N) is 1. The van der Waals surface area contributed by atoms with Gasteiger partial charge in [-0.05, 0) is 38.8 Å². The fourth-order valence-corrected chi connectivity index (χ4v) is 2.19. The van der Waals surface area contributed by atoms with Gasteiger partial charge in [-0.15, -0.1) is 0 Å². The standard InChI is InChI=1S/C15H20N2O/c1-10-7-5-6-8-14(10)11(2)16-9-15-12(3)17-18-13(15)4/h5-8,11,16H,9H2,1-4H3/t11-/m0/s1. The normalized spacial score (nSPS) is 12.7. The van der Waals surface area contributed by atoms with Crippen molar-refractivity contribution in [2.75, 3.05) is 0 Å². The van der Waals surface area contributed by atoms with Gasteiger partial charge in [0, 0.05) is 18.2 Å². The summed E-state index contributed by atoms with van der Waals surface area (Å²) < 4.78 is 5.17. The smallest absolute Gasteiger partial charge is 0.138 e. The summed E-state index contributed by atoms with van der Waals surface area (Å²) >= 11 is 0. The van der Waals surface area contributed by atoms with Crippen LogP contribution >= 0.6 is 0 Å². The van der Waals surface area contributed by atoms with Gasteiger partial charge in [-0.25, -0.2) is 0 Å². The van der Waals surface area contributed by atoms with Crippen LogP contribution in [0.2, 0.25) is 0 Å². The molecule has 1 atom stereocenters. The molecule has 0 saturated heterocycles. The summed E-state index contributed by atoms with van der Waals surface area (Å²) in [6.07, 6.45) is 0. The van der Waals surface area contributed by atoms with Gasteiger partial charge in [-0.1, -0.05) is 29.4 Å². The molecule has 0 radical (unpaired) electrons. The summed E-state index contributed by atoms with van der Waals surface area (Å²) in [4.78, 5) is 0. The van der Waals surface area contributed by atoms with E-state index in [2.05, 4.69) is 48.6 Å². The highest BCUT2D eigenvalue weighted by atomic mass is 16.5. The van der Waals surface area contributed by atoms with Crippen molar-refractivity contribution in [2.24, 2.45) is 0 Å². The number of benzene rings is 1. The Kier molecular flexibility index (Phi) is 3.82. The molecule has 1 heterocycles. The van der Waals surface area contributed by atoms with Gasteiger partial charge in [0.05, 0.1) is 5.69 Å². The van der Waals surface area contributed by atoms with Crippen LogP contribution in [0.4, 0.5) is 0 Å². The van der Waals surface area contributed by atoms with E-state index >= 15 is 0 Å². The molecule has 2 rings (SSSR count). The van der Waals surface area contributed by atoms with Gasteiger partial charge in [0.1, 0.15) is 5.76 Å². The van der Waals surface area contributed by atoms with Crippen LogP contribution in [0.25, 0.3) is 0 Å². The molecule has 0 amide bonds. The van der Waals surface area contributed by atoms with E-state index in [1.807, 2.05) is 13.8 Å². The average molecular weight is 244 g/mol. The van der Waals surface area contributed by atoms with Gasteiger partial charge in [-0.2, -0.15) is 0 Å². The molecule has 0 aliphatic carbocycles. The summed E-state index contributed by atoms with van der Waals surface area (Å²) in [5.41, 5.74) is 4.79. The zero-order chi connectivity index (χ0) is 13.1. The minimum Gasteiger partial charge on any atom is -0.361 e. The Bertz CT molecular complexity index is 512. The van der Waals surface area contributed by atoms with Crippen molar-refractivity contribution < 1.29 is 4.52 Å². The lowest BCUT2D eigenvalue weighted by molar-refractivity contribution is 0.391. The second-order valence-electron chi connectivity index (χ2n) is 4.76. The highest BCUT2D eigenvalue weighted by molar-refractivity contribution is 5.28. The number of aromatic nitrogens is 1. The molecule has 2 aromatic rings. The highest BCUT2D eigenvalue weighted by Gasteiger charge is 2.12. The van der Waals surface area contributed by atoms with Crippen molar-refractivity contribution >= 4 is 0 Å². The number of hydrogen-bond acceptors (Lipinski definition) is 3.